The predicted octanol–water partition coefficient (Wildman–Crippen LogP) is 3.56. The van der Waals surface area contributed by atoms with Crippen LogP contribution in [0.15, 0.2) is 53.8 Å². The lowest BCUT2D eigenvalue weighted by Gasteiger charge is -2.34. The lowest BCUT2D eigenvalue weighted by Crippen LogP contribution is -2.31. The highest BCUT2D eigenvalue weighted by atomic mass is 16.5. The molecule has 2 atom stereocenters. The van der Waals surface area contributed by atoms with Crippen molar-refractivity contribution in [3.05, 3.63) is 65.0 Å². The van der Waals surface area contributed by atoms with E-state index < -0.39 is 0 Å². The molecular weight excluding hydrogens is 276 g/mol. The Kier molecular flexibility index (Phi) is 2.65. The molecule has 0 radical (unpaired) electrons. The summed E-state index contributed by atoms with van der Waals surface area (Å²) < 4.78 is 11.7. The van der Waals surface area contributed by atoms with Gasteiger partial charge in [0.2, 0.25) is 0 Å². The summed E-state index contributed by atoms with van der Waals surface area (Å²) in [6.45, 7) is 4.20. The second-order valence-electron chi connectivity index (χ2n) is 6.46. The SMILES string of the molecule is COc1cccc2c1C(C)(C)C1=C(C2=O)C2C=CC=CC2O1. The molecule has 112 valence electrons. The summed E-state index contributed by atoms with van der Waals surface area (Å²) in [6, 6.07) is 5.67. The highest BCUT2D eigenvalue weighted by Crippen LogP contribution is 2.52. The summed E-state index contributed by atoms with van der Waals surface area (Å²) in [4.78, 5) is 13.1. The van der Waals surface area contributed by atoms with Gasteiger partial charge in [0.05, 0.1) is 18.4 Å². The van der Waals surface area contributed by atoms with Crippen molar-refractivity contribution in [1.82, 2.24) is 0 Å². The van der Waals surface area contributed by atoms with E-state index in [0.717, 1.165) is 28.2 Å². The lowest BCUT2D eigenvalue weighted by molar-refractivity contribution is 0.101. The van der Waals surface area contributed by atoms with E-state index in [1.807, 2.05) is 36.4 Å². The van der Waals surface area contributed by atoms with E-state index in [1.165, 1.54) is 0 Å². The van der Waals surface area contributed by atoms with Gasteiger partial charge in [0, 0.05) is 16.7 Å². The number of benzene rings is 1. The average molecular weight is 294 g/mol. The van der Waals surface area contributed by atoms with Gasteiger partial charge in [0.1, 0.15) is 17.6 Å². The number of hydrogen-bond acceptors (Lipinski definition) is 3. The first-order valence-corrected chi connectivity index (χ1v) is 7.54. The molecule has 0 aromatic heterocycles. The van der Waals surface area contributed by atoms with Crippen LogP contribution in [0.25, 0.3) is 0 Å². The van der Waals surface area contributed by atoms with Crippen molar-refractivity contribution >= 4 is 5.78 Å². The smallest absolute Gasteiger partial charge is 0.193 e. The molecule has 0 fully saturated rings. The molecule has 0 saturated heterocycles. The average Bonchev–Trinajstić information content (AvgIpc) is 2.93. The number of methoxy groups -OCH3 is 1. The maximum absolute atomic E-state index is 13.1. The van der Waals surface area contributed by atoms with Crippen LogP contribution in [0, 0.1) is 5.92 Å². The minimum atomic E-state index is -0.385. The first kappa shape index (κ1) is 13.4. The molecule has 3 nitrogen and oxygen atoms in total. The van der Waals surface area contributed by atoms with E-state index >= 15 is 0 Å². The summed E-state index contributed by atoms with van der Waals surface area (Å²) in [5, 5.41) is 0. The molecule has 1 aromatic rings. The molecule has 0 bridgehead atoms. The van der Waals surface area contributed by atoms with Crippen LogP contribution in [-0.4, -0.2) is 19.0 Å². The fourth-order valence-corrected chi connectivity index (χ4v) is 3.84. The predicted molar refractivity (Wildman–Crippen MR) is 84.0 cm³/mol. The highest BCUT2D eigenvalue weighted by molar-refractivity contribution is 6.13. The Morgan fingerprint density at radius 3 is 2.73 bits per heavy atom. The van der Waals surface area contributed by atoms with Crippen molar-refractivity contribution in [1.29, 1.82) is 0 Å². The number of hydrogen-bond donors (Lipinski definition) is 0. The van der Waals surface area contributed by atoms with Crippen LogP contribution in [0.4, 0.5) is 0 Å². The zero-order valence-electron chi connectivity index (χ0n) is 12.9. The van der Waals surface area contributed by atoms with E-state index in [9.17, 15) is 4.79 Å². The van der Waals surface area contributed by atoms with Crippen LogP contribution >= 0.6 is 0 Å². The summed E-state index contributed by atoms with van der Waals surface area (Å²) in [6.07, 6.45) is 7.98. The topological polar surface area (TPSA) is 35.5 Å². The van der Waals surface area contributed by atoms with Gasteiger partial charge in [-0.15, -0.1) is 0 Å². The van der Waals surface area contributed by atoms with Gasteiger partial charge in [-0.2, -0.15) is 0 Å². The molecule has 1 heterocycles. The maximum atomic E-state index is 13.1. The monoisotopic (exact) mass is 294 g/mol. The molecule has 22 heavy (non-hydrogen) atoms. The number of carbonyl (C=O) groups is 1. The van der Waals surface area contributed by atoms with Gasteiger partial charge in [0.25, 0.3) is 0 Å². The number of Topliss-reactive ketones (excluding diaryl/α,β-unsaturated/α-hetero) is 1. The third-order valence-electron chi connectivity index (χ3n) is 4.84. The van der Waals surface area contributed by atoms with E-state index in [2.05, 4.69) is 19.9 Å². The van der Waals surface area contributed by atoms with Gasteiger partial charge in [-0.1, -0.05) is 30.4 Å². The van der Waals surface area contributed by atoms with E-state index in [4.69, 9.17) is 9.47 Å². The van der Waals surface area contributed by atoms with Crippen molar-refractivity contribution in [2.24, 2.45) is 5.92 Å². The largest absolute Gasteiger partial charge is 0.496 e. The molecule has 1 aromatic carbocycles. The van der Waals surface area contributed by atoms with Crippen LogP contribution in [-0.2, 0) is 10.2 Å². The number of rotatable bonds is 1. The third kappa shape index (κ3) is 1.54. The van der Waals surface area contributed by atoms with Gasteiger partial charge in [0.15, 0.2) is 5.78 Å². The minimum Gasteiger partial charge on any atom is -0.496 e. The Morgan fingerprint density at radius 1 is 1.18 bits per heavy atom. The Balaban J connectivity index is 1.96. The molecule has 3 aliphatic rings. The number of ketones is 1. The van der Waals surface area contributed by atoms with Gasteiger partial charge in [-0.25, -0.2) is 0 Å². The maximum Gasteiger partial charge on any atom is 0.193 e. The number of carbonyl (C=O) groups excluding carboxylic acids is 1. The van der Waals surface area contributed by atoms with Crippen molar-refractivity contribution < 1.29 is 14.3 Å². The van der Waals surface area contributed by atoms with Crippen molar-refractivity contribution in [3.8, 4) is 5.75 Å². The number of fused-ring (bicyclic) bond motifs is 3. The molecular formula is C19H18O3. The van der Waals surface area contributed by atoms with Crippen LogP contribution < -0.4 is 4.74 Å². The van der Waals surface area contributed by atoms with E-state index in [-0.39, 0.29) is 23.2 Å². The Morgan fingerprint density at radius 2 is 1.95 bits per heavy atom. The zero-order chi connectivity index (χ0) is 15.5. The van der Waals surface area contributed by atoms with Crippen molar-refractivity contribution in [2.45, 2.75) is 25.4 Å². The summed E-state index contributed by atoms with van der Waals surface area (Å²) in [5.74, 6) is 1.62. The van der Waals surface area contributed by atoms with Gasteiger partial charge in [-0.05, 0) is 26.0 Å². The fourth-order valence-electron chi connectivity index (χ4n) is 3.84. The molecule has 3 heteroatoms. The molecule has 0 N–H and O–H groups in total. The second-order valence-corrected chi connectivity index (χ2v) is 6.46. The molecule has 4 rings (SSSR count). The van der Waals surface area contributed by atoms with Crippen molar-refractivity contribution in [3.63, 3.8) is 0 Å². The second kappa shape index (κ2) is 4.35. The molecule has 0 amide bonds. The molecule has 2 unspecified atom stereocenters. The summed E-state index contributed by atoms with van der Waals surface area (Å²) in [5.41, 5.74) is 2.07. The van der Waals surface area contributed by atoms with Crippen LogP contribution in [0.3, 0.4) is 0 Å². The molecule has 1 aliphatic heterocycles. The third-order valence-corrected chi connectivity index (χ3v) is 4.84. The Hall–Kier alpha value is -2.29. The van der Waals surface area contributed by atoms with Crippen LogP contribution in [0.1, 0.15) is 29.8 Å². The minimum absolute atomic E-state index is 0.0196. The van der Waals surface area contributed by atoms with Crippen molar-refractivity contribution in [2.75, 3.05) is 7.11 Å². The van der Waals surface area contributed by atoms with Crippen LogP contribution in [0.2, 0.25) is 0 Å². The van der Waals surface area contributed by atoms with E-state index in [0.29, 0.717) is 0 Å². The highest BCUT2D eigenvalue weighted by Gasteiger charge is 2.50. The zero-order valence-corrected chi connectivity index (χ0v) is 12.9. The molecule has 0 saturated carbocycles. The quantitative estimate of drug-likeness (QED) is 0.794. The standard InChI is InChI=1S/C19H18O3/c1-19(2)16-12(8-6-10-14(16)21-3)17(20)15-11-7-4-5-9-13(11)22-18(15)19/h4-11,13H,1-3H3. The first-order valence-electron chi connectivity index (χ1n) is 7.54. The lowest BCUT2D eigenvalue weighted by atomic mass is 9.70. The Labute approximate surface area is 129 Å². The first-order chi connectivity index (χ1) is 10.6. The molecule has 0 spiro atoms. The van der Waals surface area contributed by atoms with Gasteiger partial charge >= 0.3 is 0 Å². The normalized spacial score (nSPS) is 27.1. The number of allylic oxidation sites excluding steroid dienone is 3. The molecule has 2 aliphatic carbocycles. The number of ether oxygens (including phenoxy) is 2. The van der Waals surface area contributed by atoms with E-state index in [1.54, 1.807) is 7.11 Å². The summed E-state index contributed by atoms with van der Waals surface area (Å²) >= 11 is 0. The summed E-state index contributed by atoms with van der Waals surface area (Å²) in [7, 11) is 1.64. The Bertz CT molecular complexity index is 765. The van der Waals surface area contributed by atoms with Crippen LogP contribution in [0.5, 0.6) is 5.75 Å². The fraction of sp³-hybridized carbons (Fsp3) is 0.316. The van der Waals surface area contributed by atoms with Gasteiger partial charge in [-0.3, -0.25) is 4.79 Å². The van der Waals surface area contributed by atoms with Gasteiger partial charge < -0.3 is 9.47 Å².